The van der Waals surface area contributed by atoms with Crippen molar-refractivity contribution in [2.45, 2.75) is 0 Å². The van der Waals surface area contributed by atoms with Crippen molar-refractivity contribution < 1.29 is 4.92 Å². The minimum Gasteiger partial charge on any atom is -0.358 e. The molecule has 0 saturated heterocycles. The first-order valence-corrected chi connectivity index (χ1v) is 2.56. The van der Waals surface area contributed by atoms with Gasteiger partial charge in [-0.15, -0.1) is 0 Å². The van der Waals surface area contributed by atoms with Crippen molar-refractivity contribution in [3.05, 3.63) is 34.2 Å². The van der Waals surface area contributed by atoms with Crippen LogP contribution >= 0.6 is 0 Å². The highest BCUT2D eigenvalue weighted by Gasteiger charge is 2.06. The van der Waals surface area contributed by atoms with Gasteiger partial charge in [0, 0.05) is 6.08 Å². The van der Waals surface area contributed by atoms with E-state index in [1.807, 2.05) is 6.08 Å². The number of nitrogens with one attached hydrogen (secondary N) is 1. The van der Waals surface area contributed by atoms with E-state index < -0.39 is 4.92 Å². The molecule has 0 atom stereocenters. The summed E-state index contributed by atoms with van der Waals surface area (Å²) in [7, 11) is 0. The van der Waals surface area contributed by atoms with Crippen LogP contribution in [0.3, 0.4) is 0 Å². The molecule has 0 bridgehead atoms. The molecule has 0 aromatic heterocycles. The second kappa shape index (κ2) is 2.30. The Bertz CT molecular complexity index is 183. The molecule has 0 spiro atoms. The largest absolute Gasteiger partial charge is 0.358 e. The van der Waals surface area contributed by atoms with Crippen molar-refractivity contribution in [1.82, 2.24) is 5.32 Å². The maximum atomic E-state index is 10.00. The Labute approximate surface area is 52.0 Å². The van der Waals surface area contributed by atoms with E-state index in [-0.39, 0.29) is 5.82 Å². The van der Waals surface area contributed by atoms with E-state index in [1.54, 1.807) is 6.08 Å². The zero-order valence-electron chi connectivity index (χ0n) is 4.70. The van der Waals surface area contributed by atoms with Crippen molar-refractivity contribution in [2.75, 3.05) is 6.54 Å². The first-order chi connectivity index (χ1) is 4.30. The van der Waals surface area contributed by atoms with Crippen molar-refractivity contribution in [3.8, 4) is 0 Å². The number of nitro groups is 1. The molecular formula is C5H6N2O2. The lowest BCUT2D eigenvalue weighted by Gasteiger charge is -2.01. The van der Waals surface area contributed by atoms with Gasteiger partial charge in [-0.3, -0.25) is 5.32 Å². The summed E-state index contributed by atoms with van der Waals surface area (Å²) in [5, 5.41) is 12.6. The first kappa shape index (κ1) is 5.81. The van der Waals surface area contributed by atoms with Crippen LogP contribution in [-0.2, 0) is 0 Å². The summed E-state index contributed by atoms with van der Waals surface area (Å²) in [6.45, 7) is 0.548. The molecule has 0 aliphatic carbocycles. The molecule has 1 aliphatic rings. The Morgan fingerprint density at radius 1 is 1.78 bits per heavy atom. The minimum atomic E-state index is -0.441. The molecule has 4 heteroatoms. The quantitative estimate of drug-likeness (QED) is 0.405. The van der Waals surface area contributed by atoms with E-state index in [2.05, 4.69) is 5.32 Å². The van der Waals surface area contributed by atoms with Gasteiger partial charge in [0.2, 0.25) is 0 Å². The zero-order valence-corrected chi connectivity index (χ0v) is 4.70. The van der Waals surface area contributed by atoms with Gasteiger partial charge < -0.3 is 10.1 Å². The van der Waals surface area contributed by atoms with Gasteiger partial charge >= 0.3 is 5.82 Å². The molecule has 4 nitrogen and oxygen atoms in total. The van der Waals surface area contributed by atoms with Crippen LogP contribution in [0.1, 0.15) is 0 Å². The molecule has 9 heavy (non-hydrogen) atoms. The molecule has 48 valence electrons. The lowest BCUT2D eigenvalue weighted by atomic mass is 10.4. The van der Waals surface area contributed by atoms with E-state index >= 15 is 0 Å². The lowest BCUT2D eigenvalue weighted by Crippen LogP contribution is -2.21. The second-order valence-corrected chi connectivity index (χ2v) is 1.62. The summed E-state index contributed by atoms with van der Waals surface area (Å²) in [4.78, 5) is 9.55. The molecule has 1 heterocycles. The van der Waals surface area contributed by atoms with E-state index in [0.29, 0.717) is 6.54 Å². The van der Waals surface area contributed by atoms with Gasteiger partial charge in [0.1, 0.15) is 6.54 Å². The Morgan fingerprint density at radius 2 is 2.56 bits per heavy atom. The van der Waals surface area contributed by atoms with E-state index in [4.69, 9.17) is 0 Å². The van der Waals surface area contributed by atoms with Gasteiger partial charge in [-0.2, -0.15) is 0 Å². The molecule has 0 saturated carbocycles. The zero-order chi connectivity index (χ0) is 6.69. The molecule has 0 radical (unpaired) electrons. The normalized spacial score (nSPS) is 16.2. The monoisotopic (exact) mass is 126 g/mol. The van der Waals surface area contributed by atoms with Gasteiger partial charge in [-0.05, 0) is 11.0 Å². The van der Waals surface area contributed by atoms with Crippen molar-refractivity contribution in [2.24, 2.45) is 0 Å². The summed E-state index contributed by atoms with van der Waals surface area (Å²) in [5.74, 6) is 0.0671. The average Bonchev–Trinajstić information content (AvgIpc) is 1.90. The van der Waals surface area contributed by atoms with Crippen molar-refractivity contribution in [1.29, 1.82) is 0 Å². The SMILES string of the molecule is O=[N+]([O-])C1=CC=CCN1. The number of rotatable bonds is 1. The molecule has 0 aromatic carbocycles. The summed E-state index contributed by atoms with van der Waals surface area (Å²) in [6.07, 6.45) is 4.91. The summed E-state index contributed by atoms with van der Waals surface area (Å²) in [5.41, 5.74) is 0. The highest BCUT2D eigenvalue weighted by atomic mass is 16.6. The van der Waals surface area contributed by atoms with E-state index in [1.165, 1.54) is 6.08 Å². The second-order valence-electron chi connectivity index (χ2n) is 1.62. The maximum absolute atomic E-state index is 10.00. The van der Waals surface area contributed by atoms with Crippen molar-refractivity contribution in [3.63, 3.8) is 0 Å². The third-order valence-electron chi connectivity index (χ3n) is 0.988. The third-order valence-corrected chi connectivity index (χ3v) is 0.988. The minimum absolute atomic E-state index is 0.0671. The van der Waals surface area contributed by atoms with E-state index in [9.17, 15) is 10.1 Å². The van der Waals surface area contributed by atoms with E-state index in [0.717, 1.165) is 0 Å². The predicted molar refractivity (Wildman–Crippen MR) is 32.2 cm³/mol. The molecule has 0 fully saturated rings. The topological polar surface area (TPSA) is 55.2 Å². The molecular weight excluding hydrogens is 120 g/mol. The fraction of sp³-hybridized carbons (Fsp3) is 0.200. The Hall–Kier alpha value is -1.32. The van der Waals surface area contributed by atoms with Gasteiger partial charge in [0.15, 0.2) is 0 Å². The van der Waals surface area contributed by atoms with Crippen LogP contribution in [0.25, 0.3) is 0 Å². The Morgan fingerprint density at radius 3 is 2.89 bits per heavy atom. The summed E-state index contributed by atoms with van der Waals surface area (Å²) >= 11 is 0. The Kier molecular flexibility index (Phi) is 1.48. The predicted octanol–water partition coefficient (Wildman–Crippen LogP) is 0.264. The fourth-order valence-electron chi connectivity index (χ4n) is 0.575. The molecule has 0 amide bonds. The molecule has 1 rings (SSSR count). The number of dihydropyridines is 1. The average molecular weight is 126 g/mol. The van der Waals surface area contributed by atoms with Crippen LogP contribution in [0, 0.1) is 10.1 Å². The number of nitrogens with zero attached hydrogens (tertiary/aromatic N) is 1. The molecule has 0 aromatic rings. The van der Waals surface area contributed by atoms with Crippen LogP contribution in [0.5, 0.6) is 0 Å². The summed E-state index contributed by atoms with van der Waals surface area (Å²) < 4.78 is 0. The van der Waals surface area contributed by atoms with Gasteiger partial charge in [-0.1, -0.05) is 6.08 Å². The van der Waals surface area contributed by atoms with Crippen molar-refractivity contribution >= 4 is 0 Å². The highest BCUT2D eigenvalue weighted by Crippen LogP contribution is 1.94. The number of hydrogen-bond acceptors (Lipinski definition) is 3. The summed E-state index contributed by atoms with van der Waals surface area (Å²) in [6, 6.07) is 0. The van der Waals surface area contributed by atoms with Gasteiger partial charge in [-0.25, -0.2) is 0 Å². The van der Waals surface area contributed by atoms with Gasteiger partial charge in [0.05, 0.1) is 0 Å². The van der Waals surface area contributed by atoms with Gasteiger partial charge in [0.25, 0.3) is 0 Å². The third kappa shape index (κ3) is 1.28. The van der Waals surface area contributed by atoms with Crippen LogP contribution in [0.4, 0.5) is 0 Å². The van der Waals surface area contributed by atoms with Crippen LogP contribution in [-0.4, -0.2) is 11.5 Å². The lowest BCUT2D eigenvalue weighted by molar-refractivity contribution is -0.431. The number of hydrogen-bond donors (Lipinski definition) is 1. The Balaban J connectivity index is 2.68. The first-order valence-electron chi connectivity index (χ1n) is 2.56. The maximum Gasteiger partial charge on any atom is 0.316 e. The molecule has 1 aliphatic heterocycles. The standard InChI is InChI=1S/C5H6N2O2/c8-7(9)5-3-1-2-4-6-5/h1-3,6H,4H2. The van der Waals surface area contributed by atoms with Crippen LogP contribution in [0.15, 0.2) is 24.0 Å². The fourth-order valence-corrected chi connectivity index (χ4v) is 0.575. The smallest absolute Gasteiger partial charge is 0.316 e. The molecule has 1 N–H and O–H groups in total. The van der Waals surface area contributed by atoms with Crippen LogP contribution < -0.4 is 5.32 Å². The van der Waals surface area contributed by atoms with Crippen LogP contribution in [0.2, 0.25) is 0 Å². The number of allylic oxidation sites excluding steroid dienone is 2. The highest BCUT2D eigenvalue weighted by molar-refractivity contribution is 5.11. The molecule has 0 unspecified atom stereocenters.